The van der Waals surface area contributed by atoms with E-state index in [9.17, 15) is 15.2 Å². The van der Waals surface area contributed by atoms with Gasteiger partial charge < -0.3 is 9.84 Å². The van der Waals surface area contributed by atoms with Gasteiger partial charge in [0.1, 0.15) is 5.75 Å². The summed E-state index contributed by atoms with van der Waals surface area (Å²) in [7, 11) is 0. The largest absolute Gasteiger partial charge is 0.502 e. The predicted octanol–water partition coefficient (Wildman–Crippen LogP) is 4.10. The van der Waals surface area contributed by atoms with Gasteiger partial charge in [-0.05, 0) is 37.3 Å². The smallest absolute Gasteiger partial charge is 0.312 e. The lowest BCUT2D eigenvalue weighted by Gasteiger charge is -2.03. The minimum absolute atomic E-state index is 0.151. The number of aliphatic imine (C=N–C) groups is 1. The van der Waals surface area contributed by atoms with Gasteiger partial charge in [-0.15, -0.1) is 0 Å². The van der Waals surface area contributed by atoms with Gasteiger partial charge >= 0.3 is 5.69 Å². The van der Waals surface area contributed by atoms with E-state index in [0.29, 0.717) is 12.3 Å². The number of nitro groups is 1. The van der Waals surface area contributed by atoms with Crippen LogP contribution in [0.5, 0.6) is 11.5 Å². The first-order chi connectivity index (χ1) is 10.5. The first-order valence-corrected chi connectivity index (χ1v) is 6.83. The van der Waals surface area contributed by atoms with Crippen molar-refractivity contribution < 1.29 is 14.8 Å². The maximum atomic E-state index is 10.8. The highest BCUT2D eigenvalue weighted by Crippen LogP contribution is 2.32. The Morgan fingerprint density at radius 2 is 2.05 bits per heavy atom. The van der Waals surface area contributed by atoms with Crippen molar-refractivity contribution in [3.05, 3.63) is 57.1 Å². The fraction of sp³-hybridized carbons (Fsp3) is 0.133. The Morgan fingerprint density at radius 3 is 2.64 bits per heavy atom. The lowest BCUT2D eigenvalue weighted by Crippen LogP contribution is -1.92. The normalized spacial score (nSPS) is 10.8. The van der Waals surface area contributed by atoms with Crippen LogP contribution in [0.4, 0.5) is 11.4 Å². The Hall–Kier alpha value is -2.60. The molecular weight excluding hydrogens is 308 g/mol. The van der Waals surface area contributed by atoms with Gasteiger partial charge in [-0.25, -0.2) is 0 Å². The Kier molecular flexibility index (Phi) is 4.95. The number of ether oxygens (including phenoxy) is 1. The highest BCUT2D eigenvalue weighted by Gasteiger charge is 2.17. The molecule has 22 heavy (non-hydrogen) atoms. The van der Waals surface area contributed by atoms with Gasteiger partial charge in [0, 0.05) is 22.9 Å². The van der Waals surface area contributed by atoms with Gasteiger partial charge in [0.25, 0.3) is 0 Å². The van der Waals surface area contributed by atoms with Crippen LogP contribution in [0.25, 0.3) is 0 Å². The van der Waals surface area contributed by atoms with Crippen LogP contribution < -0.4 is 4.74 Å². The summed E-state index contributed by atoms with van der Waals surface area (Å²) in [4.78, 5) is 14.3. The molecule has 0 saturated heterocycles. The molecule has 7 heteroatoms. The van der Waals surface area contributed by atoms with E-state index in [4.69, 9.17) is 16.3 Å². The van der Waals surface area contributed by atoms with E-state index >= 15 is 0 Å². The Bertz CT molecular complexity index is 714. The van der Waals surface area contributed by atoms with E-state index < -0.39 is 16.4 Å². The number of halogens is 1. The molecular formula is C15H13ClN2O4. The summed E-state index contributed by atoms with van der Waals surface area (Å²) in [6, 6.07) is 9.48. The number of nitrogens with zero attached hydrogens (tertiary/aromatic N) is 2. The van der Waals surface area contributed by atoms with Crippen molar-refractivity contribution in [3.8, 4) is 11.5 Å². The van der Waals surface area contributed by atoms with E-state index in [1.807, 2.05) is 6.92 Å². The van der Waals surface area contributed by atoms with Crippen LogP contribution in [-0.4, -0.2) is 22.9 Å². The molecule has 2 rings (SSSR count). The van der Waals surface area contributed by atoms with E-state index in [2.05, 4.69) is 4.99 Å². The highest BCUT2D eigenvalue weighted by molar-refractivity contribution is 6.31. The van der Waals surface area contributed by atoms with Crippen LogP contribution in [0.2, 0.25) is 5.02 Å². The zero-order valence-corrected chi connectivity index (χ0v) is 12.4. The van der Waals surface area contributed by atoms with Crippen molar-refractivity contribution in [2.24, 2.45) is 4.99 Å². The third kappa shape index (κ3) is 3.73. The predicted molar refractivity (Wildman–Crippen MR) is 84.6 cm³/mol. The fourth-order valence-corrected chi connectivity index (χ4v) is 2.00. The molecule has 0 bridgehead atoms. The van der Waals surface area contributed by atoms with Gasteiger partial charge in [0.2, 0.25) is 5.75 Å². The van der Waals surface area contributed by atoms with Crippen molar-refractivity contribution in [1.82, 2.24) is 0 Å². The number of rotatable bonds is 5. The van der Waals surface area contributed by atoms with E-state index in [1.165, 1.54) is 12.3 Å². The molecule has 0 aliphatic carbocycles. The van der Waals surface area contributed by atoms with Crippen molar-refractivity contribution in [2.75, 3.05) is 6.61 Å². The molecule has 0 aliphatic rings. The maximum Gasteiger partial charge on any atom is 0.312 e. The fourth-order valence-electron chi connectivity index (χ4n) is 1.78. The number of hydrogen-bond acceptors (Lipinski definition) is 5. The second kappa shape index (κ2) is 6.91. The average molecular weight is 321 g/mol. The Balaban J connectivity index is 2.28. The topological polar surface area (TPSA) is 85.0 Å². The zero-order chi connectivity index (χ0) is 16.1. The van der Waals surface area contributed by atoms with Crippen LogP contribution >= 0.6 is 11.6 Å². The second-order valence-electron chi connectivity index (χ2n) is 4.30. The minimum Gasteiger partial charge on any atom is -0.502 e. The van der Waals surface area contributed by atoms with Crippen molar-refractivity contribution in [3.63, 3.8) is 0 Å². The maximum absolute atomic E-state index is 10.8. The second-order valence-corrected chi connectivity index (χ2v) is 4.74. The van der Waals surface area contributed by atoms with Crippen LogP contribution in [0, 0.1) is 10.1 Å². The molecule has 0 radical (unpaired) electrons. The quantitative estimate of drug-likeness (QED) is 0.510. The molecule has 0 aromatic heterocycles. The molecule has 2 aromatic carbocycles. The molecule has 0 aliphatic heterocycles. The van der Waals surface area contributed by atoms with Crippen molar-refractivity contribution >= 4 is 29.2 Å². The molecule has 0 spiro atoms. The van der Waals surface area contributed by atoms with E-state index in [-0.39, 0.29) is 10.6 Å². The summed E-state index contributed by atoms with van der Waals surface area (Å²) in [5.74, 6) is 0.256. The number of benzene rings is 2. The summed E-state index contributed by atoms with van der Waals surface area (Å²) in [6.07, 6.45) is 1.32. The number of hydrogen-bond donors (Lipinski definition) is 1. The van der Waals surface area contributed by atoms with Gasteiger partial charge in [0.15, 0.2) is 0 Å². The lowest BCUT2D eigenvalue weighted by molar-refractivity contribution is -0.385. The van der Waals surface area contributed by atoms with Crippen LogP contribution in [0.3, 0.4) is 0 Å². The third-order valence-electron chi connectivity index (χ3n) is 2.78. The van der Waals surface area contributed by atoms with Gasteiger partial charge in [-0.2, -0.15) is 0 Å². The van der Waals surface area contributed by atoms with Gasteiger partial charge in [-0.3, -0.25) is 15.1 Å². The van der Waals surface area contributed by atoms with E-state index in [1.54, 1.807) is 24.3 Å². The van der Waals surface area contributed by atoms with Crippen LogP contribution in [0.1, 0.15) is 12.5 Å². The van der Waals surface area contributed by atoms with Crippen LogP contribution in [-0.2, 0) is 0 Å². The Morgan fingerprint density at radius 1 is 1.36 bits per heavy atom. The molecule has 0 unspecified atom stereocenters. The first-order valence-electron chi connectivity index (χ1n) is 6.45. The minimum atomic E-state index is -0.699. The molecule has 0 heterocycles. The zero-order valence-electron chi connectivity index (χ0n) is 11.7. The third-order valence-corrected chi connectivity index (χ3v) is 3.00. The SMILES string of the molecule is CCOc1ccc(N=Cc2cc(Cl)cc([N+](=O)[O-])c2O)cc1. The van der Waals surface area contributed by atoms with Crippen LogP contribution in [0.15, 0.2) is 41.4 Å². The number of nitro benzene ring substituents is 1. The molecule has 6 nitrogen and oxygen atoms in total. The van der Waals surface area contributed by atoms with E-state index in [0.717, 1.165) is 11.8 Å². The molecule has 0 atom stereocenters. The highest BCUT2D eigenvalue weighted by atomic mass is 35.5. The number of phenols is 1. The standard InChI is InChI=1S/C15H13ClN2O4/c1-2-22-13-5-3-12(4-6-13)17-9-10-7-11(16)8-14(15(10)19)18(20)21/h3-9,19H,2H2,1H3. The summed E-state index contributed by atoms with van der Waals surface area (Å²) in [5.41, 5.74) is 0.333. The molecule has 114 valence electrons. The van der Waals surface area contributed by atoms with Crippen molar-refractivity contribution in [1.29, 1.82) is 0 Å². The van der Waals surface area contributed by atoms with Crippen molar-refractivity contribution in [2.45, 2.75) is 6.92 Å². The monoisotopic (exact) mass is 320 g/mol. The average Bonchev–Trinajstić information content (AvgIpc) is 2.49. The lowest BCUT2D eigenvalue weighted by atomic mass is 10.2. The summed E-state index contributed by atoms with van der Waals surface area (Å²) < 4.78 is 5.32. The summed E-state index contributed by atoms with van der Waals surface area (Å²) in [5, 5.41) is 20.8. The first kappa shape index (κ1) is 15.8. The number of phenolic OH excluding ortho intramolecular Hbond substituents is 1. The molecule has 1 N–H and O–H groups in total. The molecule has 0 amide bonds. The summed E-state index contributed by atoms with van der Waals surface area (Å²) >= 11 is 5.81. The van der Waals surface area contributed by atoms with Gasteiger partial charge in [-0.1, -0.05) is 11.6 Å². The van der Waals surface area contributed by atoms with Gasteiger partial charge in [0.05, 0.1) is 17.2 Å². The number of aromatic hydroxyl groups is 1. The molecule has 0 saturated carbocycles. The Labute approximate surface area is 131 Å². The summed E-state index contributed by atoms with van der Waals surface area (Å²) in [6.45, 7) is 2.46. The molecule has 0 fully saturated rings. The molecule has 2 aromatic rings.